The van der Waals surface area contributed by atoms with E-state index in [1.54, 1.807) is 0 Å². The summed E-state index contributed by atoms with van der Waals surface area (Å²) in [7, 11) is 0. The molecule has 5 heteroatoms. The van der Waals surface area contributed by atoms with Gasteiger partial charge in [0.1, 0.15) is 11.5 Å². The fraction of sp³-hybridized carbons (Fsp3) is 0.556. The van der Waals surface area contributed by atoms with E-state index in [1.807, 2.05) is 24.3 Å². The topological polar surface area (TPSA) is 39.9 Å². The highest BCUT2D eigenvalue weighted by Crippen LogP contribution is 2.22. The van der Waals surface area contributed by atoms with Crippen LogP contribution in [0.15, 0.2) is 28.7 Å². The minimum Gasteiger partial charge on any atom is -0.465 e. The summed E-state index contributed by atoms with van der Waals surface area (Å²) in [6, 6.07) is 8.90. The standard InChI is InChI=1S/C18H26N2O2S/c1-14-3-5-17(22-14)12-20-9-8-19(11-16(20)7-10-21)13-18-6-4-15(2)23-18/h3-6,16,21H,7-13H2,1-2H3. The molecule has 126 valence electrons. The first-order valence-corrected chi connectivity index (χ1v) is 9.13. The van der Waals surface area contributed by atoms with Crippen LogP contribution in [-0.4, -0.2) is 47.2 Å². The molecule has 1 saturated heterocycles. The van der Waals surface area contributed by atoms with Crippen molar-refractivity contribution in [2.24, 2.45) is 0 Å². The van der Waals surface area contributed by atoms with E-state index in [4.69, 9.17) is 4.42 Å². The van der Waals surface area contributed by atoms with E-state index in [2.05, 4.69) is 34.9 Å². The van der Waals surface area contributed by atoms with Gasteiger partial charge in [0.15, 0.2) is 0 Å². The molecule has 23 heavy (non-hydrogen) atoms. The number of thiophene rings is 1. The van der Waals surface area contributed by atoms with Crippen molar-refractivity contribution in [1.29, 1.82) is 0 Å². The van der Waals surface area contributed by atoms with Crippen molar-refractivity contribution in [3.05, 3.63) is 45.5 Å². The monoisotopic (exact) mass is 334 g/mol. The zero-order valence-electron chi connectivity index (χ0n) is 14.0. The molecule has 0 radical (unpaired) electrons. The van der Waals surface area contributed by atoms with E-state index in [9.17, 15) is 5.11 Å². The van der Waals surface area contributed by atoms with Crippen LogP contribution in [-0.2, 0) is 13.1 Å². The highest BCUT2D eigenvalue weighted by Gasteiger charge is 2.27. The molecule has 1 atom stereocenters. The quantitative estimate of drug-likeness (QED) is 0.881. The van der Waals surface area contributed by atoms with Crippen LogP contribution in [0.1, 0.15) is 27.7 Å². The molecule has 2 aromatic heterocycles. The number of aryl methyl sites for hydroxylation is 2. The molecule has 1 aliphatic heterocycles. The van der Waals surface area contributed by atoms with Gasteiger partial charge in [-0.25, -0.2) is 0 Å². The smallest absolute Gasteiger partial charge is 0.118 e. The molecule has 0 aromatic carbocycles. The van der Waals surface area contributed by atoms with Gasteiger partial charge in [0.05, 0.1) is 6.54 Å². The van der Waals surface area contributed by atoms with E-state index in [1.165, 1.54) is 9.75 Å². The van der Waals surface area contributed by atoms with Gasteiger partial charge in [0, 0.05) is 48.6 Å². The number of hydrogen-bond acceptors (Lipinski definition) is 5. The Kier molecular flexibility index (Phi) is 5.54. The molecule has 1 unspecified atom stereocenters. The second kappa shape index (κ2) is 7.62. The van der Waals surface area contributed by atoms with Gasteiger partial charge in [0.2, 0.25) is 0 Å². The summed E-state index contributed by atoms with van der Waals surface area (Å²) in [5.41, 5.74) is 0. The lowest BCUT2D eigenvalue weighted by atomic mass is 10.1. The minimum absolute atomic E-state index is 0.240. The highest BCUT2D eigenvalue weighted by molar-refractivity contribution is 7.11. The molecule has 1 N–H and O–H groups in total. The maximum absolute atomic E-state index is 9.42. The zero-order chi connectivity index (χ0) is 16.2. The largest absolute Gasteiger partial charge is 0.465 e. The van der Waals surface area contributed by atoms with Gasteiger partial charge >= 0.3 is 0 Å². The van der Waals surface area contributed by atoms with Crippen LogP contribution in [0.3, 0.4) is 0 Å². The molecule has 0 saturated carbocycles. The summed E-state index contributed by atoms with van der Waals surface area (Å²) >= 11 is 1.88. The highest BCUT2D eigenvalue weighted by atomic mass is 32.1. The third kappa shape index (κ3) is 4.44. The Bertz CT molecular complexity index is 622. The second-order valence-electron chi connectivity index (χ2n) is 6.40. The van der Waals surface area contributed by atoms with Crippen molar-refractivity contribution in [1.82, 2.24) is 9.80 Å². The van der Waals surface area contributed by atoms with Gasteiger partial charge in [-0.05, 0) is 44.5 Å². The summed E-state index contributed by atoms with van der Waals surface area (Å²) in [6.45, 7) is 9.34. The van der Waals surface area contributed by atoms with Crippen molar-refractivity contribution in [2.75, 3.05) is 26.2 Å². The molecule has 2 aromatic rings. The first-order chi connectivity index (χ1) is 11.1. The Morgan fingerprint density at radius 2 is 2.04 bits per heavy atom. The summed E-state index contributed by atoms with van der Waals surface area (Å²) in [5.74, 6) is 1.98. The Morgan fingerprint density at radius 1 is 1.17 bits per heavy atom. The molecular weight excluding hydrogens is 308 g/mol. The van der Waals surface area contributed by atoms with Gasteiger partial charge in [-0.3, -0.25) is 9.80 Å². The number of aliphatic hydroxyl groups excluding tert-OH is 1. The van der Waals surface area contributed by atoms with Gasteiger partial charge in [-0.2, -0.15) is 0 Å². The Hall–Kier alpha value is -1.14. The predicted molar refractivity (Wildman–Crippen MR) is 93.7 cm³/mol. The fourth-order valence-corrected chi connectivity index (χ4v) is 4.23. The molecule has 1 aliphatic rings. The van der Waals surface area contributed by atoms with E-state index >= 15 is 0 Å². The van der Waals surface area contributed by atoms with E-state index < -0.39 is 0 Å². The molecule has 1 fully saturated rings. The van der Waals surface area contributed by atoms with E-state index in [0.717, 1.165) is 50.7 Å². The van der Waals surface area contributed by atoms with Crippen LogP contribution >= 0.6 is 11.3 Å². The van der Waals surface area contributed by atoms with Gasteiger partial charge in [-0.15, -0.1) is 11.3 Å². The van der Waals surface area contributed by atoms with Crippen LogP contribution in [0, 0.1) is 13.8 Å². The van der Waals surface area contributed by atoms with E-state index in [0.29, 0.717) is 6.04 Å². The van der Waals surface area contributed by atoms with Crippen LogP contribution in [0.5, 0.6) is 0 Å². The number of nitrogens with zero attached hydrogens (tertiary/aromatic N) is 2. The average molecular weight is 334 g/mol. The summed E-state index contributed by atoms with van der Waals surface area (Å²) < 4.78 is 5.72. The fourth-order valence-electron chi connectivity index (χ4n) is 3.29. The third-order valence-corrected chi connectivity index (χ3v) is 5.47. The Morgan fingerprint density at radius 3 is 2.70 bits per heavy atom. The normalized spacial score (nSPS) is 20.2. The number of hydrogen-bond donors (Lipinski definition) is 1. The van der Waals surface area contributed by atoms with Gasteiger partial charge < -0.3 is 9.52 Å². The lowest BCUT2D eigenvalue weighted by Crippen LogP contribution is -2.52. The van der Waals surface area contributed by atoms with Crippen molar-refractivity contribution >= 4 is 11.3 Å². The molecule has 0 spiro atoms. The minimum atomic E-state index is 0.240. The molecule has 3 rings (SSSR count). The molecular formula is C18H26N2O2S. The molecule has 3 heterocycles. The zero-order valence-corrected chi connectivity index (χ0v) is 14.8. The van der Waals surface area contributed by atoms with Gasteiger partial charge in [-0.1, -0.05) is 0 Å². The lowest BCUT2D eigenvalue weighted by Gasteiger charge is -2.41. The molecule has 0 bridgehead atoms. The summed E-state index contributed by atoms with van der Waals surface area (Å²) in [5, 5.41) is 9.42. The number of furan rings is 1. The maximum Gasteiger partial charge on any atom is 0.118 e. The van der Waals surface area contributed by atoms with Crippen molar-refractivity contribution < 1.29 is 9.52 Å². The number of piperazine rings is 1. The number of rotatable bonds is 6. The Balaban J connectivity index is 1.60. The van der Waals surface area contributed by atoms with Crippen LogP contribution in [0.2, 0.25) is 0 Å². The first kappa shape index (κ1) is 16.7. The van der Waals surface area contributed by atoms with Crippen LogP contribution < -0.4 is 0 Å². The van der Waals surface area contributed by atoms with Crippen LogP contribution in [0.4, 0.5) is 0 Å². The molecule has 4 nitrogen and oxygen atoms in total. The number of aliphatic hydroxyl groups is 1. The summed E-state index contributed by atoms with van der Waals surface area (Å²) in [4.78, 5) is 7.76. The molecule has 0 amide bonds. The van der Waals surface area contributed by atoms with Gasteiger partial charge in [0.25, 0.3) is 0 Å². The van der Waals surface area contributed by atoms with Crippen molar-refractivity contribution in [3.8, 4) is 0 Å². The van der Waals surface area contributed by atoms with Crippen molar-refractivity contribution in [3.63, 3.8) is 0 Å². The third-order valence-electron chi connectivity index (χ3n) is 4.48. The van der Waals surface area contributed by atoms with Crippen molar-refractivity contribution in [2.45, 2.75) is 39.4 Å². The SMILES string of the molecule is Cc1ccc(CN2CCN(Cc3ccc(C)s3)CC2CCO)o1. The maximum atomic E-state index is 9.42. The molecule has 0 aliphatic carbocycles. The second-order valence-corrected chi connectivity index (χ2v) is 7.77. The van der Waals surface area contributed by atoms with E-state index in [-0.39, 0.29) is 6.61 Å². The average Bonchev–Trinajstić information content (AvgIpc) is 3.11. The first-order valence-electron chi connectivity index (χ1n) is 8.32. The Labute approximate surface area is 142 Å². The van der Waals surface area contributed by atoms with Crippen LogP contribution in [0.25, 0.3) is 0 Å². The lowest BCUT2D eigenvalue weighted by molar-refractivity contribution is 0.0459. The summed E-state index contributed by atoms with van der Waals surface area (Å²) in [6.07, 6.45) is 0.819. The predicted octanol–water partition coefficient (Wildman–Crippen LogP) is 3.03.